The molecule has 0 aliphatic carbocycles. The van der Waals surface area contributed by atoms with Crippen LogP contribution in [0.15, 0.2) is 72.8 Å². The quantitative estimate of drug-likeness (QED) is 0.424. The minimum absolute atomic E-state index is 0.0393. The van der Waals surface area contributed by atoms with Crippen molar-refractivity contribution in [1.82, 2.24) is 14.9 Å². The maximum atomic E-state index is 12.3. The van der Waals surface area contributed by atoms with Gasteiger partial charge in [-0.15, -0.1) is 0 Å². The molecule has 1 aromatic heterocycles. The van der Waals surface area contributed by atoms with Crippen molar-refractivity contribution in [2.75, 3.05) is 13.7 Å². The highest BCUT2D eigenvalue weighted by Crippen LogP contribution is 2.23. The van der Waals surface area contributed by atoms with Gasteiger partial charge >= 0.3 is 0 Å². The fourth-order valence-electron chi connectivity index (χ4n) is 3.75. The Morgan fingerprint density at radius 2 is 1.74 bits per heavy atom. The number of hydrogen-bond acceptors (Lipinski definition) is 3. The van der Waals surface area contributed by atoms with Crippen LogP contribution in [0.1, 0.15) is 33.7 Å². The van der Waals surface area contributed by atoms with Crippen LogP contribution in [0.3, 0.4) is 0 Å². The second-order valence-electron chi connectivity index (χ2n) is 7.64. The van der Waals surface area contributed by atoms with E-state index in [1.165, 1.54) is 0 Å². The number of benzene rings is 3. The van der Waals surface area contributed by atoms with E-state index in [0.29, 0.717) is 18.7 Å². The molecule has 0 unspecified atom stereocenters. The first-order valence-electron chi connectivity index (χ1n) is 10.6. The third-order valence-electron chi connectivity index (χ3n) is 5.43. The number of carbonyl (C=O) groups is 1. The lowest BCUT2D eigenvalue weighted by molar-refractivity contribution is 0.0953. The van der Waals surface area contributed by atoms with Gasteiger partial charge in [-0.1, -0.05) is 48.0 Å². The van der Waals surface area contributed by atoms with Crippen molar-refractivity contribution in [2.24, 2.45) is 0 Å². The molecule has 5 heteroatoms. The molecular formula is C26H27N3O2. The summed E-state index contributed by atoms with van der Waals surface area (Å²) < 4.78 is 7.78. The van der Waals surface area contributed by atoms with Crippen LogP contribution in [-0.2, 0) is 13.0 Å². The molecule has 0 aliphatic heterocycles. The second kappa shape index (κ2) is 9.47. The van der Waals surface area contributed by atoms with Gasteiger partial charge in [0.05, 0.1) is 24.7 Å². The van der Waals surface area contributed by atoms with Crippen LogP contribution in [0.25, 0.3) is 11.0 Å². The van der Waals surface area contributed by atoms with Gasteiger partial charge in [0.1, 0.15) is 11.6 Å². The molecule has 1 amide bonds. The maximum Gasteiger partial charge on any atom is 0.251 e. The van der Waals surface area contributed by atoms with Crippen LogP contribution in [0, 0.1) is 6.92 Å². The number of carbonyl (C=O) groups excluding carboxylic acids is 1. The summed E-state index contributed by atoms with van der Waals surface area (Å²) in [6.45, 7) is 3.30. The highest BCUT2D eigenvalue weighted by Gasteiger charge is 2.13. The van der Waals surface area contributed by atoms with E-state index in [0.717, 1.165) is 46.6 Å². The number of para-hydroxylation sites is 3. The molecular weight excluding hydrogens is 386 g/mol. The molecule has 0 spiro atoms. The van der Waals surface area contributed by atoms with Crippen LogP contribution in [-0.4, -0.2) is 29.1 Å². The van der Waals surface area contributed by atoms with Gasteiger partial charge in [-0.25, -0.2) is 4.98 Å². The Balaban J connectivity index is 1.46. The molecule has 4 rings (SSSR count). The van der Waals surface area contributed by atoms with Gasteiger partial charge < -0.3 is 14.6 Å². The number of aryl methyl sites for hydroxylation is 2. The van der Waals surface area contributed by atoms with Crippen molar-refractivity contribution in [3.8, 4) is 5.75 Å². The monoisotopic (exact) mass is 413 g/mol. The number of rotatable bonds is 8. The summed E-state index contributed by atoms with van der Waals surface area (Å²) in [7, 11) is 1.70. The van der Waals surface area contributed by atoms with Crippen molar-refractivity contribution in [1.29, 1.82) is 0 Å². The Morgan fingerprint density at radius 3 is 2.55 bits per heavy atom. The number of amides is 1. The predicted octanol–water partition coefficient (Wildman–Crippen LogP) is 4.76. The molecule has 1 N–H and O–H groups in total. The van der Waals surface area contributed by atoms with E-state index in [-0.39, 0.29) is 5.91 Å². The second-order valence-corrected chi connectivity index (χ2v) is 7.64. The molecule has 0 saturated carbocycles. The Kier molecular flexibility index (Phi) is 6.32. The fourth-order valence-corrected chi connectivity index (χ4v) is 3.75. The van der Waals surface area contributed by atoms with Gasteiger partial charge in [-0.05, 0) is 43.7 Å². The Bertz CT molecular complexity index is 1180. The highest BCUT2D eigenvalue weighted by atomic mass is 16.5. The van der Waals surface area contributed by atoms with E-state index in [9.17, 15) is 4.79 Å². The molecule has 1 heterocycles. The van der Waals surface area contributed by atoms with Gasteiger partial charge in [-0.2, -0.15) is 0 Å². The number of ether oxygens (including phenoxy) is 1. The Labute approximate surface area is 182 Å². The molecule has 0 fully saturated rings. The predicted molar refractivity (Wildman–Crippen MR) is 124 cm³/mol. The molecule has 5 nitrogen and oxygen atoms in total. The number of aromatic nitrogens is 2. The van der Waals surface area contributed by atoms with Crippen LogP contribution >= 0.6 is 0 Å². The first-order valence-corrected chi connectivity index (χ1v) is 10.6. The topological polar surface area (TPSA) is 56.1 Å². The van der Waals surface area contributed by atoms with Crippen molar-refractivity contribution >= 4 is 16.9 Å². The van der Waals surface area contributed by atoms with E-state index in [2.05, 4.69) is 22.0 Å². The average molecular weight is 414 g/mol. The lowest BCUT2D eigenvalue weighted by Gasteiger charge is -2.13. The summed E-state index contributed by atoms with van der Waals surface area (Å²) in [6, 6.07) is 23.9. The van der Waals surface area contributed by atoms with E-state index >= 15 is 0 Å². The maximum absolute atomic E-state index is 12.3. The summed E-state index contributed by atoms with van der Waals surface area (Å²) in [4.78, 5) is 17.2. The third-order valence-corrected chi connectivity index (χ3v) is 5.43. The minimum atomic E-state index is -0.0393. The SMILES string of the molecule is COc1ccccc1Cn1c(CCCNC(=O)c2ccc(C)cc2)nc2ccccc21. The lowest BCUT2D eigenvalue weighted by atomic mass is 10.1. The van der Waals surface area contributed by atoms with E-state index in [4.69, 9.17) is 9.72 Å². The fraction of sp³-hybridized carbons (Fsp3) is 0.231. The molecule has 0 atom stereocenters. The average Bonchev–Trinajstić information content (AvgIpc) is 3.14. The first-order chi connectivity index (χ1) is 15.2. The number of hydrogen-bond donors (Lipinski definition) is 1. The zero-order valence-corrected chi connectivity index (χ0v) is 18.0. The first kappa shape index (κ1) is 20.7. The van der Waals surface area contributed by atoms with Crippen LogP contribution in [0.4, 0.5) is 0 Å². The summed E-state index contributed by atoms with van der Waals surface area (Å²) in [5.74, 6) is 1.84. The zero-order chi connectivity index (χ0) is 21.6. The van der Waals surface area contributed by atoms with Crippen molar-refractivity contribution < 1.29 is 9.53 Å². The molecule has 158 valence electrons. The van der Waals surface area contributed by atoms with Crippen LogP contribution < -0.4 is 10.1 Å². The smallest absolute Gasteiger partial charge is 0.251 e. The number of methoxy groups -OCH3 is 1. The Hall–Kier alpha value is -3.60. The molecule has 4 aromatic rings. The van der Waals surface area contributed by atoms with Gasteiger partial charge in [0.15, 0.2) is 0 Å². The van der Waals surface area contributed by atoms with Gasteiger partial charge in [-0.3, -0.25) is 4.79 Å². The minimum Gasteiger partial charge on any atom is -0.496 e. The number of nitrogens with one attached hydrogen (secondary N) is 1. The number of fused-ring (bicyclic) bond motifs is 1. The summed E-state index contributed by atoms with van der Waals surface area (Å²) in [5.41, 5.74) is 5.03. The van der Waals surface area contributed by atoms with Gasteiger partial charge in [0.2, 0.25) is 0 Å². The van der Waals surface area contributed by atoms with E-state index in [1.807, 2.05) is 67.6 Å². The van der Waals surface area contributed by atoms with Crippen molar-refractivity contribution in [2.45, 2.75) is 26.3 Å². The molecule has 31 heavy (non-hydrogen) atoms. The van der Waals surface area contributed by atoms with Crippen LogP contribution in [0.2, 0.25) is 0 Å². The highest BCUT2D eigenvalue weighted by molar-refractivity contribution is 5.94. The molecule has 0 bridgehead atoms. The molecule has 0 radical (unpaired) electrons. The van der Waals surface area contributed by atoms with Gasteiger partial charge in [0, 0.05) is 24.1 Å². The normalized spacial score (nSPS) is 10.9. The summed E-state index contributed by atoms with van der Waals surface area (Å²) in [5, 5.41) is 3.01. The number of imidazole rings is 1. The largest absolute Gasteiger partial charge is 0.496 e. The lowest BCUT2D eigenvalue weighted by Crippen LogP contribution is -2.25. The van der Waals surface area contributed by atoms with E-state index in [1.54, 1.807) is 7.11 Å². The summed E-state index contributed by atoms with van der Waals surface area (Å²) >= 11 is 0. The van der Waals surface area contributed by atoms with E-state index < -0.39 is 0 Å². The Morgan fingerprint density at radius 1 is 1.00 bits per heavy atom. The van der Waals surface area contributed by atoms with Crippen molar-refractivity contribution in [3.63, 3.8) is 0 Å². The number of nitrogens with zero attached hydrogens (tertiary/aromatic N) is 2. The zero-order valence-electron chi connectivity index (χ0n) is 18.0. The molecule has 0 saturated heterocycles. The molecule has 0 aliphatic rings. The van der Waals surface area contributed by atoms with Crippen molar-refractivity contribution in [3.05, 3.63) is 95.3 Å². The standard InChI is InChI=1S/C26H27N3O2/c1-19-13-15-20(16-14-19)26(30)27-17-7-12-25-28-22-9-4-5-10-23(22)29(25)18-21-8-3-6-11-24(21)31-2/h3-6,8-11,13-16H,7,12,17-18H2,1-2H3,(H,27,30). The summed E-state index contributed by atoms with van der Waals surface area (Å²) in [6.07, 6.45) is 1.59. The molecule has 3 aromatic carbocycles. The van der Waals surface area contributed by atoms with Gasteiger partial charge in [0.25, 0.3) is 5.91 Å². The third kappa shape index (κ3) is 4.77. The van der Waals surface area contributed by atoms with Crippen LogP contribution in [0.5, 0.6) is 5.75 Å².